The molecule has 0 radical (unpaired) electrons. The summed E-state index contributed by atoms with van der Waals surface area (Å²) in [4.78, 5) is 25.4. The molecule has 1 aliphatic rings. The van der Waals surface area contributed by atoms with Crippen LogP contribution in [0.1, 0.15) is 31.9 Å². The molecule has 0 saturated carbocycles. The van der Waals surface area contributed by atoms with Crippen LogP contribution in [0.2, 0.25) is 0 Å². The lowest BCUT2D eigenvalue weighted by Crippen LogP contribution is -2.43. The molecule has 1 fully saturated rings. The number of benzene rings is 2. The first kappa shape index (κ1) is 28.3. The number of alkyl carbamates (subject to hydrolysis) is 1. The highest BCUT2D eigenvalue weighted by Gasteiger charge is 2.42. The van der Waals surface area contributed by atoms with Gasteiger partial charge in [0, 0.05) is 24.2 Å². The summed E-state index contributed by atoms with van der Waals surface area (Å²) in [5.74, 6) is 0.735. The van der Waals surface area contributed by atoms with Gasteiger partial charge in [-0.1, -0.05) is 24.3 Å². The third-order valence-corrected chi connectivity index (χ3v) is 6.82. The first-order valence-corrected chi connectivity index (χ1v) is 13.8. The van der Waals surface area contributed by atoms with Crippen molar-refractivity contribution in [3.05, 3.63) is 59.7 Å². The molecule has 1 aliphatic heterocycles. The van der Waals surface area contributed by atoms with Crippen LogP contribution in [-0.4, -0.2) is 60.2 Å². The normalized spacial score (nSPS) is 20.9. The minimum absolute atomic E-state index is 0.170. The summed E-state index contributed by atoms with van der Waals surface area (Å²) in [5, 5.41) is 5.99. The molecule has 11 heteroatoms. The lowest BCUT2D eigenvalue weighted by atomic mass is 10.0. The second kappa shape index (κ2) is 11.8. The van der Waals surface area contributed by atoms with Crippen molar-refractivity contribution in [3.63, 3.8) is 0 Å². The van der Waals surface area contributed by atoms with Gasteiger partial charge in [0.05, 0.1) is 22.9 Å². The van der Waals surface area contributed by atoms with E-state index in [0.717, 1.165) is 16.9 Å². The summed E-state index contributed by atoms with van der Waals surface area (Å²) < 4.78 is 41.3. The molecule has 0 aliphatic carbocycles. The van der Waals surface area contributed by atoms with Crippen molar-refractivity contribution in [2.24, 2.45) is 0 Å². The monoisotopic (exact) mass is 533 g/mol. The maximum atomic E-state index is 12.7. The van der Waals surface area contributed by atoms with Gasteiger partial charge in [-0.15, -0.1) is 0 Å². The van der Waals surface area contributed by atoms with Crippen LogP contribution in [0.25, 0.3) is 0 Å². The molecular weight excluding hydrogens is 498 g/mol. The molecule has 37 heavy (non-hydrogen) atoms. The fourth-order valence-electron chi connectivity index (χ4n) is 3.83. The van der Waals surface area contributed by atoms with Crippen molar-refractivity contribution in [3.8, 4) is 5.75 Å². The first-order valence-electron chi connectivity index (χ1n) is 11.9. The maximum Gasteiger partial charge on any atom is 0.509 e. The van der Waals surface area contributed by atoms with Gasteiger partial charge in [-0.2, -0.15) is 0 Å². The predicted molar refractivity (Wildman–Crippen MR) is 138 cm³/mol. The Hall–Kier alpha value is -3.31. The van der Waals surface area contributed by atoms with E-state index in [0.29, 0.717) is 17.9 Å². The number of rotatable bonds is 8. The first-order chi connectivity index (χ1) is 17.3. The van der Waals surface area contributed by atoms with Gasteiger partial charge in [0.1, 0.15) is 11.4 Å². The Balaban J connectivity index is 1.67. The lowest BCUT2D eigenvalue weighted by molar-refractivity contribution is -0.0518. The minimum Gasteiger partial charge on any atom is -0.497 e. The number of hydrogen-bond donors (Lipinski definition) is 3. The van der Waals surface area contributed by atoms with Gasteiger partial charge in [-0.05, 0) is 62.6 Å². The molecule has 0 spiro atoms. The highest BCUT2D eigenvalue weighted by molar-refractivity contribution is 7.91. The van der Waals surface area contributed by atoms with Crippen molar-refractivity contribution in [2.45, 2.75) is 62.5 Å². The second-order valence-electron chi connectivity index (χ2n) is 9.90. The van der Waals surface area contributed by atoms with E-state index in [2.05, 4.69) is 10.6 Å². The van der Waals surface area contributed by atoms with Crippen LogP contribution >= 0.6 is 0 Å². The van der Waals surface area contributed by atoms with Crippen LogP contribution in [0, 0.1) is 4.78 Å². The zero-order chi connectivity index (χ0) is 27.2. The second-order valence-corrected chi connectivity index (χ2v) is 12.1. The molecule has 2 aromatic carbocycles. The van der Waals surface area contributed by atoms with Crippen LogP contribution in [0.4, 0.5) is 9.59 Å². The van der Waals surface area contributed by atoms with Crippen LogP contribution in [0.3, 0.4) is 0 Å². The lowest BCUT2D eigenvalue weighted by Gasteiger charge is -2.26. The molecule has 4 atom stereocenters. The molecule has 2 aromatic rings. The predicted octanol–water partition coefficient (Wildman–Crippen LogP) is 3.86. The molecule has 10 nitrogen and oxygen atoms in total. The molecule has 1 amide bonds. The highest BCUT2D eigenvalue weighted by atomic mass is 32.2. The fraction of sp³-hybridized carbons (Fsp3) is 0.462. The Morgan fingerprint density at radius 2 is 1.68 bits per heavy atom. The van der Waals surface area contributed by atoms with E-state index >= 15 is 0 Å². The van der Waals surface area contributed by atoms with Gasteiger partial charge in [0.2, 0.25) is 0 Å². The summed E-state index contributed by atoms with van der Waals surface area (Å²) in [6.07, 6.45) is -1.12. The van der Waals surface area contributed by atoms with Gasteiger partial charge in [0.25, 0.3) is 0 Å². The molecule has 0 aromatic heterocycles. The average Bonchev–Trinajstić information content (AvgIpc) is 3.17. The molecule has 3 N–H and O–H groups in total. The zero-order valence-corrected chi connectivity index (χ0v) is 22.6. The molecule has 1 unspecified atom stereocenters. The van der Waals surface area contributed by atoms with Crippen molar-refractivity contribution < 1.29 is 32.7 Å². The zero-order valence-electron chi connectivity index (χ0n) is 21.7. The number of amides is 1. The van der Waals surface area contributed by atoms with Gasteiger partial charge < -0.3 is 29.6 Å². The Morgan fingerprint density at radius 3 is 2.24 bits per heavy atom. The van der Waals surface area contributed by atoms with Crippen LogP contribution < -0.4 is 15.4 Å². The Labute approximate surface area is 218 Å². The molecular formula is C26H35N3O7S. The summed E-state index contributed by atoms with van der Waals surface area (Å²) >= 11 is 0. The smallest absolute Gasteiger partial charge is 0.497 e. The van der Waals surface area contributed by atoms with E-state index in [4.69, 9.17) is 23.7 Å². The van der Waals surface area contributed by atoms with E-state index in [-0.39, 0.29) is 12.6 Å². The van der Waals surface area contributed by atoms with Crippen molar-refractivity contribution in [1.82, 2.24) is 10.6 Å². The average molecular weight is 534 g/mol. The van der Waals surface area contributed by atoms with Crippen LogP contribution in [0.15, 0.2) is 53.4 Å². The minimum atomic E-state index is -2.81. The van der Waals surface area contributed by atoms with Crippen LogP contribution in [0.5, 0.6) is 5.75 Å². The van der Waals surface area contributed by atoms with Gasteiger partial charge in [-0.25, -0.2) is 18.6 Å². The van der Waals surface area contributed by atoms with Gasteiger partial charge in [0.15, 0.2) is 12.2 Å². The van der Waals surface area contributed by atoms with Gasteiger partial charge in [-0.3, -0.25) is 0 Å². The number of methoxy groups -OCH3 is 1. The topological polar surface area (TPSA) is 136 Å². The number of carbonyl (C=O) groups excluding carboxylic acids is 2. The van der Waals surface area contributed by atoms with E-state index in [9.17, 15) is 13.8 Å². The van der Waals surface area contributed by atoms with Crippen molar-refractivity contribution in [1.29, 1.82) is 4.78 Å². The van der Waals surface area contributed by atoms with Gasteiger partial charge >= 0.3 is 12.2 Å². The van der Waals surface area contributed by atoms with Crippen molar-refractivity contribution >= 4 is 22.0 Å². The van der Waals surface area contributed by atoms with E-state index in [1.807, 2.05) is 24.3 Å². The maximum absolute atomic E-state index is 12.7. The fourth-order valence-corrected chi connectivity index (χ4v) is 4.49. The Kier molecular flexibility index (Phi) is 9.03. The largest absolute Gasteiger partial charge is 0.509 e. The molecule has 1 saturated heterocycles. The SMILES string of the molecule is COc1ccc(C[C@H]2NC[C@H](OC(=O)OC(C)(C)C)[C@H]2OC(=O)NCc2ccc(S(C)(=N)=O)cc2)cc1. The molecule has 3 rings (SSSR count). The van der Waals surface area contributed by atoms with E-state index < -0.39 is 39.8 Å². The highest BCUT2D eigenvalue weighted by Crippen LogP contribution is 2.22. The molecule has 1 heterocycles. The van der Waals surface area contributed by atoms with Crippen molar-refractivity contribution in [2.75, 3.05) is 19.9 Å². The summed E-state index contributed by atoms with van der Waals surface area (Å²) in [6.45, 7) is 5.69. The quantitative estimate of drug-likeness (QED) is 0.435. The van der Waals surface area contributed by atoms with E-state index in [1.54, 1.807) is 52.1 Å². The summed E-state index contributed by atoms with van der Waals surface area (Å²) in [5.41, 5.74) is 1.03. The number of nitrogens with one attached hydrogen (secondary N) is 3. The Bertz CT molecular complexity index is 1180. The summed E-state index contributed by atoms with van der Waals surface area (Å²) in [6, 6.07) is 13.9. The Morgan fingerprint density at radius 1 is 1.05 bits per heavy atom. The third kappa shape index (κ3) is 8.64. The number of ether oxygens (including phenoxy) is 4. The number of hydrogen-bond acceptors (Lipinski definition) is 9. The standard InChI is InChI=1S/C26H35N3O7S/c1-26(2,3)36-25(31)34-22-16-28-21(14-17-6-10-19(33-4)11-7-17)23(22)35-24(30)29-15-18-8-12-20(13-9-18)37(5,27)32/h6-13,21-23,27-28H,14-16H2,1-5H3,(H,29,30)/t21-,22+,23+,37?/m1/s1. The number of carbonyl (C=O) groups is 2. The third-order valence-electron chi connectivity index (χ3n) is 5.65. The molecule has 0 bridgehead atoms. The summed E-state index contributed by atoms with van der Waals surface area (Å²) in [7, 11) is -1.21. The van der Waals surface area contributed by atoms with Crippen LogP contribution in [-0.2, 0) is 36.9 Å². The molecule has 202 valence electrons. The van der Waals surface area contributed by atoms with E-state index in [1.165, 1.54) is 6.26 Å².